The van der Waals surface area contributed by atoms with Crippen molar-refractivity contribution >= 4 is 46.7 Å². The van der Waals surface area contributed by atoms with Crippen LogP contribution in [-0.2, 0) is 14.3 Å². The fourth-order valence-corrected chi connectivity index (χ4v) is 4.32. The first-order valence-corrected chi connectivity index (χ1v) is 12.4. The number of hydrogen-bond acceptors (Lipinski definition) is 6. The zero-order valence-electron chi connectivity index (χ0n) is 20.3. The molecule has 0 atom stereocenters. The average Bonchev–Trinajstić information content (AvgIpc) is 3.10. The van der Waals surface area contributed by atoms with Crippen LogP contribution in [-0.4, -0.2) is 48.3 Å². The van der Waals surface area contributed by atoms with Gasteiger partial charge < -0.3 is 15.0 Å². The van der Waals surface area contributed by atoms with Gasteiger partial charge in [0.05, 0.1) is 17.9 Å². The number of anilines is 2. The van der Waals surface area contributed by atoms with Gasteiger partial charge in [0.1, 0.15) is 10.7 Å². The number of hydrogen-bond donors (Lipinski definition) is 1. The number of rotatable bonds is 7. The highest BCUT2D eigenvalue weighted by atomic mass is 35.5. The molecule has 36 heavy (non-hydrogen) atoms. The minimum atomic E-state index is -0.670. The molecule has 0 aromatic heterocycles. The second-order valence-corrected chi connectivity index (χ2v) is 9.37. The van der Waals surface area contributed by atoms with Crippen molar-refractivity contribution in [2.75, 3.05) is 29.9 Å². The summed E-state index contributed by atoms with van der Waals surface area (Å²) in [7, 11) is 0. The lowest BCUT2D eigenvalue weighted by molar-refractivity contribution is -0.120. The predicted molar refractivity (Wildman–Crippen MR) is 137 cm³/mol. The maximum atomic E-state index is 13.0. The molecular weight excluding hydrogens is 482 g/mol. The Morgan fingerprint density at radius 2 is 1.58 bits per heavy atom. The molecule has 1 fully saturated rings. The number of amides is 3. The Kier molecular flexibility index (Phi) is 7.74. The zero-order valence-corrected chi connectivity index (χ0v) is 21.0. The standard InChI is InChI=1S/C27H28ClN3O5/c1-3-16-36-27(35)19-6-10-21(11-7-19)31-25(33)22(28)23(26(31)34)29-20-8-4-18(5-9-20)24(32)30-14-12-17(2)13-15-30/h4-11,17,29H,3,12-16H2,1-2H3. The van der Waals surface area contributed by atoms with Gasteiger partial charge in [-0.25, -0.2) is 9.69 Å². The minimum absolute atomic E-state index is 0.0222. The largest absolute Gasteiger partial charge is 0.462 e. The molecule has 0 saturated carbocycles. The first-order chi connectivity index (χ1) is 17.3. The van der Waals surface area contributed by atoms with E-state index in [0.717, 1.165) is 30.8 Å². The van der Waals surface area contributed by atoms with E-state index >= 15 is 0 Å². The molecule has 2 aromatic carbocycles. The van der Waals surface area contributed by atoms with Crippen LogP contribution in [0.2, 0.25) is 0 Å². The monoisotopic (exact) mass is 509 g/mol. The van der Waals surface area contributed by atoms with Crippen LogP contribution in [0.1, 0.15) is 53.8 Å². The molecule has 188 valence electrons. The number of halogens is 1. The number of nitrogens with one attached hydrogen (secondary N) is 1. The van der Waals surface area contributed by atoms with Gasteiger partial charge in [-0.05, 0) is 73.7 Å². The summed E-state index contributed by atoms with van der Waals surface area (Å²) in [6, 6.07) is 12.7. The van der Waals surface area contributed by atoms with Gasteiger partial charge in [0, 0.05) is 24.3 Å². The lowest BCUT2D eigenvalue weighted by Gasteiger charge is -2.30. The zero-order chi connectivity index (χ0) is 25.8. The number of carbonyl (C=O) groups is 4. The lowest BCUT2D eigenvalue weighted by atomic mass is 9.98. The molecule has 9 heteroatoms. The molecular formula is C27H28ClN3O5. The molecule has 4 rings (SSSR count). The summed E-state index contributed by atoms with van der Waals surface area (Å²) < 4.78 is 5.10. The Hall–Kier alpha value is -3.65. The molecule has 0 radical (unpaired) electrons. The first kappa shape index (κ1) is 25.4. The van der Waals surface area contributed by atoms with E-state index < -0.39 is 17.8 Å². The summed E-state index contributed by atoms with van der Waals surface area (Å²) in [6.45, 7) is 5.89. The molecule has 0 aliphatic carbocycles. The van der Waals surface area contributed by atoms with E-state index in [-0.39, 0.29) is 22.3 Å². The van der Waals surface area contributed by atoms with Crippen LogP contribution in [0.5, 0.6) is 0 Å². The highest BCUT2D eigenvalue weighted by Gasteiger charge is 2.39. The number of likely N-dealkylation sites (tertiary alicyclic amines) is 1. The van der Waals surface area contributed by atoms with Crippen molar-refractivity contribution in [2.45, 2.75) is 33.1 Å². The van der Waals surface area contributed by atoms with E-state index in [0.29, 0.717) is 35.8 Å². The molecule has 2 aliphatic rings. The quantitative estimate of drug-likeness (QED) is 0.434. The van der Waals surface area contributed by atoms with Gasteiger partial charge in [-0.2, -0.15) is 0 Å². The van der Waals surface area contributed by atoms with E-state index in [9.17, 15) is 19.2 Å². The number of imide groups is 1. The molecule has 3 amide bonds. The molecule has 2 aromatic rings. The van der Waals surface area contributed by atoms with E-state index in [2.05, 4.69) is 12.2 Å². The maximum Gasteiger partial charge on any atom is 0.338 e. The first-order valence-electron chi connectivity index (χ1n) is 12.0. The van der Waals surface area contributed by atoms with Crippen LogP contribution >= 0.6 is 11.6 Å². The topological polar surface area (TPSA) is 96.0 Å². The number of ether oxygens (including phenoxy) is 1. The third-order valence-corrected chi connectivity index (χ3v) is 6.65. The highest BCUT2D eigenvalue weighted by molar-refractivity contribution is 6.53. The summed E-state index contributed by atoms with van der Waals surface area (Å²) in [5, 5.41) is 2.67. The lowest BCUT2D eigenvalue weighted by Crippen LogP contribution is -2.37. The predicted octanol–water partition coefficient (Wildman–Crippen LogP) is 4.56. The van der Waals surface area contributed by atoms with Crippen molar-refractivity contribution < 1.29 is 23.9 Å². The van der Waals surface area contributed by atoms with E-state index in [1.54, 1.807) is 24.3 Å². The van der Waals surface area contributed by atoms with Crippen LogP contribution in [0.15, 0.2) is 59.3 Å². The van der Waals surface area contributed by atoms with E-state index in [1.807, 2.05) is 11.8 Å². The fourth-order valence-electron chi connectivity index (χ4n) is 4.11. The Morgan fingerprint density at radius 3 is 2.19 bits per heavy atom. The molecule has 2 aliphatic heterocycles. The molecule has 0 spiro atoms. The van der Waals surface area contributed by atoms with Gasteiger partial charge in [-0.3, -0.25) is 14.4 Å². The van der Waals surface area contributed by atoms with Crippen LogP contribution in [0, 0.1) is 5.92 Å². The Balaban J connectivity index is 1.43. The van der Waals surface area contributed by atoms with Gasteiger partial charge >= 0.3 is 5.97 Å². The Bertz CT molecular complexity index is 1200. The van der Waals surface area contributed by atoms with Gasteiger partial charge in [0.15, 0.2) is 0 Å². The summed E-state index contributed by atoms with van der Waals surface area (Å²) in [4.78, 5) is 53.4. The summed E-state index contributed by atoms with van der Waals surface area (Å²) >= 11 is 6.22. The molecule has 2 heterocycles. The van der Waals surface area contributed by atoms with Crippen molar-refractivity contribution in [3.63, 3.8) is 0 Å². The molecule has 1 saturated heterocycles. The average molecular weight is 510 g/mol. The molecule has 0 bridgehead atoms. The molecule has 0 unspecified atom stereocenters. The summed E-state index contributed by atoms with van der Waals surface area (Å²) in [6.07, 6.45) is 2.70. The fraction of sp³-hybridized carbons (Fsp3) is 0.333. The SMILES string of the molecule is CCCOC(=O)c1ccc(N2C(=O)C(Cl)=C(Nc3ccc(C(=O)N4CCC(C)CC4)cc3)C2=O)cc1. The van der Waals surface area contributed by atoms with Crippen molar-refractivity contribution in [2.24, 2.45) is 5.92 Å². The van der Waals surface area contributed by atoms with Gasteiger partial charge in [-0.1, -0.05) is 25.4 Å². The second-order valence-electron chi connectivity index (χ2n) is 8.99. The third-order valence-electron chi connectivity index (χ3n) is 6.30. The van der Waals surface area contributed by atoms with E-state index in [4.69, 9.17) is 16.3 Å². The maximum absolute atomic E-state index is 13.0. The van der Waals surface area contributed by atoms with E-state index in [1.165, 1.54) is 24.3 Å². The van der Waals surface area contributed by atoms with Crippen molar-refractivity contribution in [3.8, 4) is 0 Å². The summed E-state index contributed by atoms with van der Waals surface area (Å²) in [5.41, 5.74) is 1.62. The number of piperidine rings is 1. The van der Waals surface area contributed by atoms with Crippen LogP contribution in [0.3, 0.4) is 0 Å². The normalized spacial score (nSPS) is 16.5. The summed E-state index contributed by atoms with van der Waals surface area (Å²) in [5.74, 6) is -1.15. The Morgan fingerprint density at radius 1 is 0.972 bits per heavy atom. The van der Waals surface area contributed by atoms with Crippen molar-refractivity contribution in [3.05, 3.63) is 70.4 Å². The Labute approximate surface area is 214 Å². The van der Waals surface area contributed by atoms with Crippen LogP contribution < -0.4 is 10.2 Å². The van der Waals surface area contributed by atoms with Gasteiger partial charge in [0.25, 0.3) is 17.7 Å². The third kappa shape index (κ3) is 5.28. The minimum Gasteiger partial charge on any atom is -0.462 e. The highest BCUT2D eigenvalue weighted by Crippen LogP contribution is 2.30. The smallest absolute Gasteiger partial charge is 0.338 e. The molecule has 8 nitrogen and oxygen atoms in total. The van der Waals surface area contributed by atoms with Gasteiger partial charge in [-0.15, -0.1) is 0 Å². The second kappa shape index (κ2) is 11.0. The number of benzene rings is 2. The van der Waals surface area contributed by atoms with Crippen molar-refractivity contribution in [1.82, 2.24) is 4.90 Å². The number of nitrogens with zero attached hydrogens (tertiary/aromatic N) is 2. The number of esters is 1. The van der Waals surface area contributed by atoms with Crippen LogP contribution in [0.25, 0.3) is 0 Å². The number of carbonyl (C=O) groups excluding carboxylic acids is 4. The molecule has 1 N–H and O–H groups in total. The van der Waals surface area contributed by atoms with Crippen molar-refractivity contribution in [1.29, 1.82) is 0 Å². The van der Waals surface area contributed by atoms with Crippen LogP contribution in [0.4, 0.5) is 11.4 Å². The van der Waals surface area contributed by atoms with Gasteiger partial charge in [0.2, 0.25) is 0 Å².